The molecule has 0 radical (unpaired) electrons. The van der Waals surface area contributed by atoms with Crippen LogP contribution in [0.1, 0.15) is 19.4 Å². The first kappa shape index (κ1) is 13.8. The zero-order valence-electron chi connectivity index (χ0n) is 11.7. The van der Waals surface area contributed by atoms with Crippen molar-refractivity contribution in [3.05, 3.63) is 23.8 Å². The summed E-state index contributed by atoms with van der Waals surface area (Å²) in [7, 11) is 1.89. The summed E-state index contributed by atoms with van der Waals surface area (Å²) in [5, 5.41) is 3.10. The Morgan fingerprint density at radius 3 is 2.84 bits per heavy atom. The van der Waals surface area contributed by atoms with Crippen LogP contribution in [0.4, 0.5) is 5.69 Å². The van der Waals surface area contributed by atoms with E-state index in [2.05, 4.69) is 5.32 Å². The molecule has 0 unspecified atom stereocenters. The molecule has 0 aliphatic carbocycles. The van der Waals surface area contributed by atoms with Gasteiger partial charge in [0, 0.05) is 18.6 Å². The van der Waals surface area contributed by atoms with E-state index in [1.165, 1.54) is 0 Å². The molecular weight excluding hydrogens is 242 g/mol. The Labute approximate surface area is 113 Å². The number of carbonyl (C=O) groups is 1. The third-order valence-corrected chi connectivity index (χ3v) is 2.91. The van der Waals surface area contributed by atoms with Crippen LogP contribution in [0.2, 0.25) is 0 Å². The Balaban J connectivity index is 2.35. The highest BCUT2D eigenvalue weighted by Gasteiger charge is 2.29. The Kier molecular flexibility index (Phi) is 3.78. The van der Waals surface area contributed by atoms with Gasteiger partial charge in [-0.1, -0.05) is 6.07 Å². The van der Waals surface area contributed by atoms with Crippen LogP contribution >= 0.6 is 0 Å². The minimum Gasteiger partial charge on any atom is -0.482 e. The van der Waals surface area contributed by atoms with Crippen molar-refractivity contribution in [1.82, 2.24) is 5.32 Å². The predicted octanol–water partition coefficient (Wildman–Crippen LogP) is 0.869. The van der Waals surface area contributed by atoms with Crippen molar-refractivity contribution in [3.8, 4) is 5.75 Å². The number of ether oxygens (including phenoxy) is 1. The maximum absolute atomic E-state index is 12.0. The molecule has 0 saturated carbocycles. The summed E-state index contributed by atoms with van der Waals surface area (Å²) in [6.07, 6.45) is 0. The van der Waals surface area contributed by atoms with Crippen molar-refractivity contribution in [1.29, 1.82) is 0 Å². The summed E-state index contributed by atoms with van der Waals surface area (Å²) in [5.74, 6) is 0.691. The van der Waals surface area contributed by atoms with E-state index in [0.29, 0.717) is 6.54 Å². The lowest BCUT2D eigenvalue weighted by atomic mass is 10.0. The highest BCUT2D eigenvalue weighted by Crippen LogP contribution is 2.33. The molecule has 104 valence electrons. The predicted molar refractivity (Wildman–Crippen MR) is 75.3 cm³/mol. The van der Waals surface area contributed by atoms with Crippen LogP contribution in [0.15, 0.2) is 18.2 Å². The van der Waals surface area contributed by atoms with E-state index in [1.807, 2.05) is 39.1 Å². The van der Waals surface area contributed by atoms with Gasteiger partial charge in [-0.25, -0.2) is 0 Å². The van der Waals surface area contributed by atoms with E-state index in [9.17, 15) is 4.79 Å². The Morgan fingerprint density at radius 1 is 1.47 bits per heavy atom. The standard InChI is InChI=1S/C14H21N3O2/c1-14(2,15)9-17-11-6-10(7-16-3)4-5-12(11)19-8-13(17)18/h4-6,16H,7-9,15H2,1-3H3. The first-order chi connectivity index (χ1) is 8.90. The van der Waals surface area contributed by atoms with Crippen molar-refractivity contribution < 1.29 is 9.53 Å². The van der Waals surface area contributed by atoms with E-state index in [1.54, 1.807) is 4.90 Å². The van der Waals surface area contributed by atoms with Gasteiger partial charge in [0.15, 0.2) is 6.61 Å². The fourth-order valence-corrected chi connectivity index (χ4v) is 2.14. The van der Waals surface area contributed by atoms with Crippen LogP contribution in [0.5, 0.6) is 5.75 Å². The molecule has 2 rings (SSSR count). The van der Waals surface area contributed by atoms with E-state index >= 15 is 0 Å². The number of carbonyl (C=O) groups excluding carboxylic acids is 1. The monoisotopic (exact) mass is 263 g/mol. The summed E-state index contributed by atoms with van der Waals surface area (Å²) in [5.41, 5.74) is 7.51. The molecule has 5 nitrogen and oxygen atoms in total. The molecule has 5 heteroatoms. The van der Waals surface area contributed by atoms with Crippen LogP contribution in [0.25, 0.3) is 0 Å². The van der Waals surface area contributed by atoms with Gasteiger partial charge in [-0.05, 0) is 38.6 Å². The maximum atomic E-state index is 12.0. The van der Waals surface area contributed by atoms with Gasteiger partial charge >= 0.3 is 0 Å². The molecule has 1 aliphatic heterocycles. The number of rotatable bonds is 4. The summed E-state index contributed by atoms with van der Waals surface area (Å²) >= 11 is 0. The molecule has 0 saturated heterocycles. The first-order valence-corrected chi connectivity index (χ1v) is 6.40. The van der Waals surface area contributed by atoms with E-state index in [-0.39, 0.29) is 12.5 Å². The molecule has 0 aromatic heterocycles. The third kappa shape index (κ3) is 3.24. The number of anilines is 1. The van der Waals surface area contributed by atoms with Gasteiger partial charge in [0.25, 0.3) is 5.91 Å². The number of nitrogens with two attached hydrogens (primary N) is 1. The van der Waals surface area contributed by atoms with Crippen LogP contribution < -0.4 is 20.7 Å². The zero-order valence-corrected chi connectivity index (χ0v) is 11.7. The normalized spacial score (nSPS) is 15.2. The number of benzene rings is 1. The Morgan fingerprint density at radius 2 is 2.21 bits per heavy atom. The maximum Gasteiger partial charge on any atom is 0.265 e. The van der Waals surface area contributed by atoms with Crippen molar-refractivity contribution in [3.63, 3.8) is 0 Å². The summed E-state index contributed by atoms with van der Waals surface area (Å²) in [6, 6.07) is 5.89. The summed E-state index contributed by atoms with van der Waals surface area (Å²) in [6.45, 7) is 5.13. The second kappa shape index (κ2) is 5.19. The average Bonchev–Trinajstić information content (AvgIpc) is 2.32. The van der Waals surface area contributed by atoms with Crippen LogP contribution in [0.3, 0.4) is 0 Å². The van der Waals surface area contributed by atoms with Gasteiger partial charge in [-0.15, -0.1) is 0 Å². The van der Waals surface area contributed by atoms with Gasteiger partial charge in [0.2, 0.25) is 0 Å². The van der Waals surface area contributed by atoms with Crippen molar-refractivity contribution in [2.24, 2.45) is 5.73 Å². The third-order valence-electron chi connectivity index (χ3n) is 2.91. The fourth-order valence-electron chi connectivity index (χ4n) is 2.14. The fraction of sp³-hybridized carbons (Fsp3) is 0.500. The number of amides is 1. The summed E-state index contributed by atoms with van der Waals surface area (Å²) in [4.78, 5) is 13.8. The molecule has 0 spiro atoms. The lowest BCUT2D eigenvalue weighted by molar-refractivity contribution is -0.121. The Hall–Kier alpha value is -1.59. The number of fused-ring (bicyclic) bond motifs is 1. The minimum absolute atomic E-state index is 0.0485. The van der Waals surface area contributed by atoms with Crippen molar-refractivity contribution in [2.75, 3.05) is 25.1 Å². The molecule has 0 bridgehead atoms. The highest BCUT2D eigenvalue weighted by atomic mass is 16.5. The Bertz CT molecular complexity index is 480. The molecule has 1 aromatic carbocycles. The number of hydrogen-bond donors (Lipinski definition) is 2. The second-order valence-electron chi connectivity index (χ2n) is 5.59. The molecule has 0 fully saturated rings. The van der Waals surface area contributed by atoms with Crippen LogP contribution in [-0.4, -0.2) is 31.6 Å². The number of hydrogen-bond acceptors (Lipinski definition) is 4. The number of nitrogens with zero attached hydrogens (tertiary/aromatic N) is 1. The highest BCUT2D eigenvalue weighted by molar-refractivity contribution is 5.98. The number of nitrogens with one attached hydrogen (secondary N) is 1. The molecule has 3 N–H and O–H groups in total. The van der Waals surface area contributed by atoms with Gasteiger partial charge in [0.1, 0.15) is 5.75 Å². The van der Waals surface area contributed by atoms with Crippen molar-refractivity contribution in [2.45, 2.75) is 25.9 Å². The molecule has 1 aliphatic rings. The van der Waals surface area contributed by atoms with Gasteiger partial charge in [-0.3, -0.25) is 4.79 Å². The first-order valence-electron chi connectivity index (χ1n) is 6.40. The van der Waals surface area contributed by atoms with Crippen LogP contribution in [-0.2, 0) is 11.3 Å². The second-order valence-corrected chi connectivity index (χ2v) is 5.59. The minimum atomic E-state index is -0.441. The van der Waals surface area contributed by atoms with Crippen LogP contribution in [0, 0.1) is 0 Å². The zero-order chi connectivity index (χ0) is 14.0. The molecule has 0 atom stereocenters. The van der Waals surface area contributed by atoms with Gasteiger partial charge in [-0.2, -0.15) is 0 Å². The van der Waals surface area contributed by atoms with Gasteiger partial charge in [0.05, 0.1) is 5.69 Å². The molecule has 1 heterocycles. The molecular formula is C14H21N3O2. The lowest BCUT2D eigenvalue weighted by Gasteiger charge is -2.34. The summed E-state index contributed by atoms with van der Waals surface area (Å²) < 4.78 is 5.46. The lowest BCUT2D eigenvalue weighted by Crippen LogP contribution is -2.50. The average molecular weight is 263 g/mol. The van der Waals surface area contributed by atoms with Gasteiger partial charge < -0.3 is 20.7 Å². The smallest absolute Gasteiger partial charge is 0.265 e. The molecule has 1 amide bonds. The van der Waals surface area contributed by atoms with E-state index in [0.717, 1.165) is 23.5 Å². The SMILES string of the molecule is CNCc1ccc2c(c1)N(CC(C)(C)N)C(=O)CO2. The van der Waals surface area contributed by atoms with E-state index < -0.39 is 5.54 Å². The van der Waals surface area contributed by atoms with Crippen molar-refractivity contribution >= 4 is 11.6 Å². The molecule has 1 aromatic rings. The van der Waals surface area contributed by atoms with E-state index in [4.69, 9.17) is 10.5 Å². The molecule has 19 heavy (non-hydrogen) atoms. The quantitative estimate of drug-likeness (QED) is 0.846. The topological polar surface area (TPSA) is 67.6 Å². The largest absolute Gasteiger partial charge is 0.482 e.